The number of nitrogens with one attached hydrogen (secondary N) is 1. The standard InChI is InChI=1S/C22H25NO6/c1-5-27-19-11-10-17(13-20(19)28-6-2)22(26)29-15(4)21(25)23-18-9-7-8-16(12-18)14(3)24/h7-13,15H,5-6H2,1-4H3,(H,23,25)/t15-/m0/s1. The summed E-state index contributed by atoms with van der Waals surface area (Å²) in [4.78, 5) is 36.2. The molecule has 7 heteroatoms. The number of carbonyl (C=O) groups excluding carboxylic acids is 3. The zero-order valence-electron chi connectivity index (χ0n) is 17.0. The highest BCUT2D eigenvalue weighted by molar-refractivity contribution is 5.99. The molecule has 0 bridgehead atoms. The predicted molar refractivity (Wildman–Crippen MR) is 109 cm³/mol. The maximum atomic E-state index is 12.4. The number of ketones is 1. The van der Waals surface area contributed by atoms with Gasteiger partial charge in [-0.1, -0.05) is 12.1 Å². The van der Waals surface area contributed by atoms with E-state index in [-0.39, 0.29) is 11.3 Å². The number of esters is 1. The van der Waals surface area contributed by atoms with E-state index in [9.17, 15) is 14.4 Å². The van der Waals surface area contributed by atoms with Gasteiger partial charge in [-0.2, -0.15) is 0 Å². The Hall–Kier alpha value is -3.35. The molecule has 0 aliphatic rings. The predicted octanol–water partition coefficient (Wildman–Crippen LogP) is 3.87. The highest BCUT2D eigenvalue weighted by Crippen LogP contribution is 2.29. The van der Waals surface area contributed by atoms with Crippen LogP contribution in [0.1, 0.15) is 48.4 Å². The Morgan fingerprint density at radius 3 is 2.28 bits per heavy atom. The van der Waals surface area contributed by atoms with Gasteiger partial charge in [0.25, 0.3) is 5.91 Å². The summed E-state index contributed by atoms with van der Waals surface area (Å²) < 4.78 is 16.2. The van der Waals surface area contributed by atoms with Crippen molar-refractivity contribution in [1.29, 1.82) is 0 Å². The van der Waals surface area contributed by atoms with Crippen molar-refractivity contribution in [1.82, 2.24) is 0 Å². The second-order valence-electron chi connectivity index (χ2n) is 6.20. The van der Waals surface area contributed by atoms with Crippen molar-refractivity contribution < 1.29 is 28.6 Å². The zero-order chi connectivity index (χ0) is 21.4. The maximum absolute atomic E-state index is 12.4. The molecule has 0 unspecified atom stereocenters. The molecule has 0 radical (unpaired) electrons. The number of ether oxygens (including phenoxy) is 3. The number of rotatable bonds is 9. The smallest absolute Gasteiger partial charge is 0.339 e. The molecule has 0 aromatic heterocycles. The minimum atomic E-state index is -1.04. The van der Waals surface area contributed by atoms with Crippen LogP contribution in [0.25, 0.3) is 0 Å². The molecule has 154 valence electrons. The van der Waals surface area contributed by atoms with Crippen molar-refractivity contribution in [2.24, 2.45) is 0 Å². The van der Waals surface area contributed by atoms with Gasteiger partial charge in [-0.05, 0) is 58.0 Å². The van der Waals surface area contributed by atoms with Gasteiger partial charge in [-0.25, -0.2) is 4.79 Å². The summed E-state index contributed by atoms with van der Waals surface area (Å²) >= 11 is 0. The number of Topliss-reactive ketones (excluding diaryl/α,β-unsaturated/α-hetero) is 1. The van der Waals surface area contributed by atoms with Gasteiger partial charge in [0, 0.05) is 11.3 Å². The molecule has 7 nitrogen and oxygen atoms in total. The molecule has 2 aromatic rings. The lowest BCUT2D eigenvalue weighted by atomic mass is 10.1. The fourth-order valence-corrected chi connectivity index (χ4v) is 2.52. The van der Waals surface area contributed by atoms with E-state index in [2.05, 4.69) is 5.32 Å². The molecule has 1 amide bonds. The molecule has 0 aliphatic heterocycles. The average molecular weight is 399 g/mol. The van der Waals surface area contributed by atoms with E-state index in [0.29, 0.717) is 36.0 Å². The van der Waals surface area contributed by atoms with Crippen molar-refractivity contribution in [2.75, 3.05) is 18.5 Å². The lowest BCUT2D eigenvalue weighted by Gasteiger charge is -2.15. The molecule has 1 atom stereocenters. The van der Waals surface area contributed by atoms with E-state index in [4.69, 9.17) is 14.2 Å². The van der Waals surface area contributed by atoms with E-state index in [1.807, 2.05) is 13.8 Å². The van der Waals surface area contributed by atoms with Crippen LogP contribution in [-0.4, -0.2) is 37.0 Å². The van der Waals surface area contributed by atoms with E-state index in [1.165, 1.54) is 19.9 Å². The molecule has 29 heavy (non-hydrogen) atoms. The van der Waals surface area contributed by atoms with Gasteiger partial charge >= 0.3 is 5.97 Å². The molecule has 0 saturated heterocycles. The third-order valence-electron chi connectivity index (χ3n) is 3.97. The third kappa shape index (κ3) is 6.07. The Balaban J connectivity index is 2.05. The second kappa shape index (κ2) is 10.3. The zero-order valence-corrected chi connectivity index (χ0v) is 17.0. The molecular weight excluding hydrogens is 374 g/mol. The molecule has 0 saturated carbocycles. The van der Waals surface area contributed by atoms with Crippen LogP contribution in [0.2, 0.25) is 0 Å². The Kier molecular flexibility index (Phi) is 7.77. The highest BCUT2D eigenvalue weighted by Gasteiger charge is 2.20. The van der Waals surface area contributed by atoms with Crippen LogP contribution in [0.3, 0.4) is 0 Å². The van der Waals surface area contributed by atoms with Crippen LogP contribution in [-0.2, 0) is 9.53 Å². The summed E-state index contributed by atoms with van der Waals surface area (Å²) in [5.74, 6) is -0.311. The van der Waals surface area contributed by atoms with E-state index in [1.54, 1.807) is 36.4 Å². The van der Waals surface area contributed by atoms with Crippen LogP contribution in [0.4, 0.5) is 5.69 Å². The number of anilines is 1. The van der Waals surface area contributed by atoms with Crippen molar-refractivity contribution in [3.63, 3.8) is 0 Å². The number of hydrogen-bond donors (Lipinski definition) is 1. The average Bonchev–Trinajstić information content (AvgIpc) is 2.69. The largest absolute Gasteiger partial charge is 0.490 e. The Morgan fingerprint density at radius 2 is 1.62 bits per heavy atom. The minimum Gasteiger partial charge on any atom is -0.490 e. The Labute approximate surface area is 170 Å². The number of carbonyl (C=O) groups is 3. The van der Waals surface area contributed by atoms with Crippen molar-refractivity contribution in [3.05, 3.63) is 53.6 Å². The van der Waals surface area contributed by atoms with Gasteiger partial charge in [0.15, 0.2) is 23.4 Å². The van der Waals surface area contributed by atoms with Crippen LogP contribution in [0, 0.1) is 0 Å². The first-order chi connectivity index (χ1) is 13.8. The SMILES string of the molecule is CCOc1ccc(C(=O)O[C@@H](C)C(=O)Nc2cccc(C(C)=O)c2)cc1OCC. The monoisotopic (exact) mass is 399 g/mol. The quantitative estimate of drug-likeness (QED) is 0.508. The van der Waals surface area contributed by atoms with Crippen LogP contribution in [0.5, 0.6) is 11.5 Å². The number of hydrogen-bond acceptors (Lipinski definition) is 6. The molecule has 0 fully saturated rings. The molecule has 0 heterocycles. The van der Waals surface area contributed by atoms with E-state index >= 15 is 0 Å². The Morgan fingerprint density at radius 1 is 0.931 bits per heavy atom. The number of benzene rings is 2. The molecule has 2 aromatic carbocycles. The fourth-order valence-electron chi connectivity index (χ4n) is 2.52. The molecule has 2 rings (SSSR count). The van der Waals surface area contributed by atoms with E-state index < -0.39 is 18.0 Å². The van der Waals surface area contributed by atoms with Gasteiger partial charge in [0.05, 0.1) is 18.8 Å². The molecular formula is C22H25NO6. The molecule has 0 spiro atoms. The van der Waals surface area contributed by atoms with Crippen LogP contribution < -0.4 is 14.8 Å². The maximum Gasteiger partial charge on any atom is 0.339 e. The highest BCUT2D eigenvalue weighted by atomic mass is 16.5. The first kappa shape index (κ1) is 21.9. The van der Waals surface area contributed by atoms with Crippen LogP contribution in [0.15, 0.2) is 42.5 Å². The van der Waals surface area contributed by atoms with Gasteiger partial charge in [0.1, 0.15) is 0 Å². The summed E-state index contributed by atoms with van der Waals surface area (Å²) in [6.07, 6.45) is -1.04. The van der Waals surface area contributed by atoms with Gasteiger partial charge in [-0.15, -0.1) is 0 Å². The molecule has 1 N–H and O–H groups in total. The summed E-state index contributed by atoms with van der Waals surface area (Å²) in [6.45, 7) is 7.47. The second-order valence-corrected chi connectivity index (χ2v) is 6.20. The lowest BCUT2D eigenvalue weighted by Crippen LogP contribution is -2.30. The first-order valence-electron chi connectivity index (χ1n) is 9.38. The first-order valence-corrected chi connectivity index (χ1v) is 9.38. The van der Waals surface area contributed by atoms with Gasteiger partial charge in [-0.3, -0.25) is 9.59 Å². The Bertz CT molecular complexity index is 893. The minimum absolute atomic E-state index is 0.110. The van der Waals surface area contributed by atoms with Crippen molar-refractivity contribution >= 4 is 23.3 Å². The summed E-state index contributed by atoms with van der Waals surface area (Å²) in [7, 11) is 0. The van der Waals surface area contributed by atoms with Crippen LogP contribution >= 0.6 is 0 Å². The van der Waals surface area contributed by atoms with Gasteiger partial charge < -0.3 is 19.5 Å². The van der Waals surface area contributed by atoms with Gasteiger partial charge in [0.2, 0.25) is 0 Å². The molecule has 0 aliphatic carbocycles. The fraction of sp³-hybridized carbons (Fsp3) is 0.318. The van der Waals surface area contributed by atoms with Crippen molar-refractivity contribution in [2.45, 2.75) is 33.8 Å². The summed E-state index contributed by atoms with van der Waals surface area (Å²) in [6, 6.07) is 11.2. The van der Waals surface area contributed by atoms with E-state index in [0.717, 1.165) is 0 Å². The third-order valence-corrected chi connectivity index (χ3v) is 3.97. The number of amides is 1. The topological polar surface area (TPSA) is 90.9 Å². The van der Waals surface area contributed by atoms with Crippen molar-refractivity contribution in [3.8, 4) is 11.5 Å². The summed E-state index contributed by atoms with van der Waals surface area (Å²) in [5.41, 5.74) is 1.17. The lowest BCUT2D eigenvalue weighted by molar-refractivity contribution is -0.123. The summed E-state index contributed by atoms with van der Waals surface area (Å²) in [5, 5.41) is 2.64. The normalized spacial score (nSPS) is 11.3.